The summed E-state index contributed by atoms with van der Waals surface area (Å²) in [5, 5.41) is 15.9. The highest BCUT2D eigenvalue weighted by atomic mass is 35.5. The molecule has 0 spiro atoms. The summed E-state index contributed by atoms with van der Waals surface area (Å²) in [6, 6.07) is 1.59. The van der Waals surface area contributed by atoms with E-state index in [0.29, 0.717) is 0 Å². The number of alkyl halides is 1. The summed E-state index contributed by atoms with van der Waals surface area (Å²) in [4.78, 5) is 0. The first-order valence-electron chi connectivity index (χ1n) is 1.90. The third-order valence-electron chi connectivity index (χ3n) is 0.567. The number of aliphatic hydroxyl groups is 1. The molecule has 0 aliphatic carbocycles. The molecule has 0 aliphatic heterocycles. The van der Waals surface area contributed by atoms with Gasteiger partial charge in [0.2, 0.25) is 0 Å². The van der Waals surface area contributed by atoms with Crippen LogP contribution in [-0.2, 0) is 0 Å². The van der Waals surface area contributed by atoms with Crippen molar-refractivity contribution in [3.8, 4) is 6.07 Å². The number of rotatable bonds is 1. The van der Waals surface area contributed by atoms with Crippen LogP contribution in [0.25, 0.3) is 0 Å². The summed E-state index contributed by atoms with van der Waals surface area (Å²) in [5.74, 6) is 0. The molecule has 0 aromatic heterocycles. The Hall–Kier alpha value is -0.260. The second kappa shape index (κ2) is 2.84. The molecule has 0 aliphatic rings. The Labute approximate surface area is 47.3 Å². The molecule has 0 heterocycles. The molecule has 0 unspecified atom stereocenters. The van der Waals surface area contributed by atoms with Crippen LogP contribution in [0.2, 0.25) is 0 Å². The van der Waals surface area contributed by atoms with E-state index in [4.69, 9.17) is 22.0 Å². The van der Waals surface area contributed by atoms with E-state index in [9.17, 15) is 0 Å². The van der Waals surface area contributed by atoms with Crippen molar-refractivity contribution in [1.29, 1.82) is 5.26 Å². The molecular formula is C4H6ClNO. The van der Waals surface area contributed by atoms with Gasteiger partial charge in [0.15, 0.2) is 6.10 Å². The highest BCUT2D eigenvalue weighted by Gasteiger charge is 2.06. The third-order valence-corrected chi connectivity index (χ3v) is 0.806. The summed E-state index contributed by atoms with van der Waals surface area (Å²) in [7, 11) is 0. The van der Waals surface area contributed by atoms with Gasteiger partial charge in [-0.2, -0.15) is 5.26 Å². The quantitative estimate of drug-likeness (QED) is 0.404. The maximum Gasteiger partial charge on any atom is 0.156 e. The van der Waals surface area contributed by atoms with Crippen molar-refractivity contribution in [2.75, 3.05) is 0 Å². The molecule has 0 aromatic rings. The lowest BCUT2D eigenvalue weighted by Crippen LogP contribution is -2.13. The van der Waals surface area contributed by atoms with Crippen molar-refractivity contribution in [2.45, 2.75) is 18.4 Å². The maximum atomic E-state index is 8.44. The van der Waals surface area contributed by atoms with Crippen molar-refractivity contribution in [2.24, 2.45) is 0 Å². The minimum absolute atomic E-state index is 0.468. The van der Waals surface area contributed by atoms with Crippen LogP contribution in [0, 0.1) is 11.3 Å². The first kappa shape index (κ1) is 6.74. The zero-order valence-electron chi connectivity index (χ0n) is 3.93. The average Bonchev–Trinajstić information content (AvgIpc) is 1.65. The van der Waals surface area contributed by atoms with Crippen LogP contribution in [-0.4, -0.2) is 16.6 Å². The van der Waals surface area contributed by atoms with Gasteiger partial charge < -0.3 is 5.11 Å². The van der Waals surface area contributed by atoms with Crippen molar-refractivity contribution < 1.29 is 5.11 Å². The van der Waals surface area contributed by atoms with Crippen LogP contribution in [0.5, 0.6) is 0 Å². The molecule has 1 N–H and O–H groups in total. The van der Waals surface area contributed by atoms with E-state index in [1.54, 1.807) is 13.0 Å². The van der Waals surface area contributed by atoms with Gasteiger partial charge in [0.05, 0.1) is 11.4 Å². The number of nitriles is 1. The number of aliphatic hydroxyl groups excluding tert-OH is 1. The van der Waals surface area contributed by atoms with Gasteiger partial charge in [-0.05, 0) is 6.92 Å². The van der Waals surface area contributed by atoms with E-state index in [1.165, 1.54) is 0 Å². The first-order valence-corrected chi connectivity index (χ1v) is 2.34. The molecule has 0 fully saturated rings. The Balaban J connectivity index is 3.40. The van der Waals surface area contributed by atoms with E-state index in [1.807, 2.05) is 0 Å². The molecule has 40 valence electrons. The SMILES string of the molecule is C[C@@H](Cl)[C@H](O)C#N. The molecule has 3 heteroatoms. The van der Waals surface area contributed by atoms with Gasteiger partial charge in [-0.1, -0.05) is 0 Å². The molecule has 0 radical (unpaired) electrons. The third kappa shape index (κ3) is 2.44. The van der Waals surface area contributed by atoms with Crippen molar-refractivity contribution in [3.63, 3.8) is 0 Å². The lowest BCUT2D eigenvalue weighted by molar-refractivity contribution is 0.229. The highest BCUT2D eigenvalue weighted by Crippen LogP contribution is 1.97. The molecule has 0 amide bonds. The van der Waals surface area contributed by atoms with Gasteiger partial charge in [0, 0.05) is 0 Å². The van der Waals surface area contributed by atoms with E-state index < -0.39 is 11.5 Å². The van der Waals surface area contributed by atoms with Gasteiger partial charge in [-0.25, -0.2) is 0 Å². The van der Waals surface area contributed by atoms with Crippen LogP contribution in [0.3, 0.4) is 0 Å². The maximum absolute atomic E-state index is 8.44. The van der Waals surface area contributed by atoms with Gasteiger partial charge in [-0.3, -0.25) is 0 Å². The first-order chi connectivity index (χ1) is 3.18. The fourth-order valence-corrected chi connectivity index (χ4v) is 0.159. The summed E-state index contributed by atoms with van der Waals surface area (Å²) in [6.45, 7) is 1.56. The highest BCUT2D eigenvalue weighted by molar-refractivity contribution is 6.20. The van der Waals surface area contributed by atoms with Gasteiger partial charge in [0.25, 0.3) is 0 Å². The molecule has 7 heavy (non-hydrogen) atoms. The molecular weight excluding hydrogens is 114 g/mol. The normalized spacial score (nSPS) is 17.4. The second-order valence-corrected chi connectivity index (χ2v) is 1.94. The van der Waals surface area contributed by atoms with Gasteiger partial charge >= 0.3 is 0 Å². The molecule has 0 bridgehead atoms. The molecule has 0 rings (SSSR count). The lowest BCUT2D eigenvalue weighted by atomic mass is 10.3. The van der Waals surface area contributed by atoms with Crippen LogP contribution >= 0.6 is 11.6 Å². The fourth-order valence-electron chi connectivity index (χ4n) is 0.103. The molecule has 0 saturated heterocycles. The Bertz CT molecular complexity index is 86.2. The number of halogens is 1. The Morgan fingerprint density at radius 1 is 1.86 bits per heavy atom. The number of hydrogen-bond donors (Lipinski definition) is 1. The summed E-state index contributed by atoms with van der Waals surface area (Å²) in [6.07, 6.45) is -1.03. The van der Waals surface area contributed by atoms with E-state index in [2.05, 4.69) is 0 Å². The Kier molecular flexibility index (Phi) is 2.73. The standard InChI is InChI=1S/C4H6ClNO/c1-3(5)4(7)2-6/h3-4,7H,1H3/t3-,4-/m1/s1. The van der Waals surface area contributed by atoms with Gasteiger partial charge in [-0.15, -0.1) is 11.6 Å². The zero-order valence-corrected chi connectivity index (χ0v) is 4.68. The Morgan fingerprint density at radius 2 is 2.29 bits per heavy atom. The van der Waals surface area contributed by atoms with Crippen LogP contribution in [0.1, 0.15) is 6.92 Å². The predicted octanol–water partition coefficient (Wildman–Crippen LogP) is 0.498. The van der Waals surface area contributed by atoms with Crippen LogP contribution < -0.4 is 0 Å². The number of hydrogen-bond acceptors (Lipinski definition) is 2. The Morgan fingerprint density at radius 3 is 2.29 bits per heavy atom. The smallest absolute Gasteiger partial charge is 0.156 e. The fraction of sp³-hybridized carbons (Fsp3) is 0.750. The van der Waals surface area contributed by atoms with Crippen molar-refractivity contribution in [3.05, 3.63) is 0 Å². The molecule has 2 nitrogen and oxygen atoms in total. The predicted molar refractivity (Wildman–Crippen MR) is 26.9 cm³/mol. The van der Waals surface area contributed by atoms with E-state index in [0.717, 1.165) is 0 Å². The molecule has 0 aromatic carbocycles. The number of nitrogens with zero attached hydrogens (tertiary/aromatic N) is 1. The zero-order chi connectivity index (χ0) is 5.86. The largest absolute Gasteiger partial charge is 0.377 e. The molecule has 0 saturated carbocycles. The lowest BCUT2D eigenvalue weighted by Gasteiger charge is -1.99. The summed E-state index contributed by atoms with van der Waals surface area (Å²) < 4.78 is 0. The minimum atomic E-state index is -1.03. The molecule has 2 atom stereocenters. The van der Waals surface area contributed by atoms with Crippen LogP contribution in [0.4, 0.5) is 0 Å². The van der Waals surface area contributed by atoms with E-state index in [-0.39, 0.29) is 0 Å². The van der Waals surface area contributed by atoms with Gasteiger partial charge in [0.1, 0.15) is 0 Å². The summed E-state index contributed by atoms with van der Waals surface area (Å²) >= 11 is 5.26. The van der Waals surface area contributed by atoms with Crippen LogP contribution in [0.15, 0.2) is 0 Å². The van der Waals surface area contributed by atoms with Crippen molar-refractivity contribution >= 4 is 11.6 Å². The monoisotopic (exact) mass is 119 g/mol. The second-order valence-electron chi connectivity index (χ2n) is 1.25. The van der Waals surface area contributed by atoms with Crippen molar-refractivity contribution in [1.82, 2.24) is 0 Å². The average molecular weight is 120 g/mol. The summed E-state index contributed by atoms with van der Waals surface area (Å²) in [5.41, 5.74) is 0. The minimum Gasteiger partial charge on any atom is -0.377 e. The van der Waals surface area contributed by atoms with E-state index >= 15 is 0 Å². The topological polar surface area (TPSA) is 44.0 Å².